The predicted molar refractivity (Wildman–Crippen MR) is 172 cm³/mol. The van der Waals surface area contributed by atoms with Gasteiger partial charge in [0.2, 0.25) is 0 Å². The topological polar surface area (TPSA) is 6.48 Å². The van der Waals surface area contributed by atoms with Crippen molar-refractivity contribution in [1.82, 2.24) is 0 Å². The van der Waals surface area contributed by atoms with Crippen LogP contribution < -0.4 is 9.80 Å². The molecule has 41 heavy (non-hydrogen) atoms. The summed E-state index contributed by atoms with van der Waals surface area (Å²) in [6.07, 6.45) is 0.970. The second kappa shape index (κ2) is 9.07. The lowest BCUT2D eigenvalue weighted by Crippen LogP contribution is -2.15. The van der Waals surface area contributed by atoms with Crippen LogP contribution >= 0.6 is 23.5 Å². The number of hydrogen-bond donors (Lipinski definition) is 0. The molecule has 9 rings (SSSR count). The van der Waals surface area contributed by atoms with Gasteiger partial charge in [0, 0.05) is 31.0 Å². The average molecular weight is 561 g/mol. The number of para-hydroxylation sites is 4. The van der Waals surface area contributed by atoms with Crippen LogP contribution in [0.1, 0.15) is 11.1 Å². The van der Waals surface area contributed by atoms with Gasteiger partial charge in [0.05, 0.1) is 22.7 Å². The molecule has 0 aromatic heterocycles. The highest BCUT2D eigenvalue weighted by Gasteiger charge is 2.29. The van der Waals surface area contributed by atoms with E-state index in [4.69, 9.17) is 0 Å². The number of rotatable bonds is 2. The highest BCUT2D eigenvalue weighted by molar-refractivity contribution is 8.00. The van der Waals surface area contributed by atoms with Gasteiger partial charge >= 0.3 is 0 Å². The van der Waals surface area contributed by atoms with E-state index < -0.39 is 0 Å². The molecule has 0 fully saturated rings. The van der Waals surface area contributed by atoms with Crippen molar-refractivity contribution < 1.29 is 0 Å². The van der Waals surface area contributed by atoms with Crippen molar-refractivity contribution in [1.29, 1.82) is 0 Å². The highest BCUT2D eigenvalue weighted by Crippen LogP contribution is 2.54. The fourth-order valence-corrected chi connectivity index (χ4v) is 8.50. The van der Waals surface area contributed by atoms with Crippen molar-refractivity contribution >= 4 is 57.6 Å². The summed E-state index contributed by atoms with van der Waals surface area (Å²) >= 11 is 3.71. The SMILES string of the molecule is c1ccc2c(c1)Sc1ccccc1N2c1ccc2c(c1)-c1cc(N3c4ccccc4Sc4ccccc43)ccc1C2. The van der Waals surface area contributed by atoms with E-state index in [-0.39, 0.29) is 0 Å². The third kappa shape index (κ3) is 3.61. The van der Waals surface area contributed by atoms with Crippen molar-refractivity contribution in [2.24, 2.45) is 0 Å². The fraction of sp³-hybridized carbons (Fsp3) is 0.0270. The molecule has 0 radical (unpaired) electrons. The van der Waals surface area contributed by atoms with Crippen LogP contribution in [0.2, 0.25) is 0 Å². The molecule has 1 aliphatic carbocycles. The molecule has 0 atom stereocenters. The van der Waals surface area contributed by atoms with Crippen LogP contribution in [0, 0.1) is 0 Å². The van der Waals surface area contributed by atoms with Crippen LogP contribution in [0.5, 0.6) is 0 Å². The minimum absolute atomic E-state index is 0.970. The third-order valence-corrected chi connectivity index (χ3v) is 10.5. The summed E-state index contributed by atoms with van der Waals surface area (Å²) in [6, 6.07) is 49.0. The van der Waals surface area contributed by atoms with Gasteiger partial charge in [0.25, 0.3) is 0 Å². The van der Waals surface area contributed by atoms with E-state index in [1.54, 1.807) is 0 Å². The van der Waals surface area contributed by atoms with Crippen molar-refractivity contribution in [3.8, 4) is 11.1 Å². The molecule has 6 aromatic carbocycles. The number of benzene rings is 6. The van der Waals surface area contributed by atoms with Gasteiger partial charge in [0.15, 0.2) is 0 Å². The first kappa shape index (κ1) is 23.3. The normalized spacial score (nSPS) is 14.0. The molecular formula is C37H24N2S2. The van der Waals surface area contributed by atoms with Crippen LogP contribution in [0.3, 0.4) is 0 Å². The van der Waals surface area contributed by atoms with Gasteiger partial charge in [-0.05, 0) is 101 Å². The van der Waals surface area contributed by atoms with Gasteiger partial charge in [-0.25, -0.2) is 0 Å². The molecule has 3 aliphatic rings. The second-order valence-corrected chi connectivity index (χ2v) is 12.8. The lowest BCUT2D eigenvalue weighted by Gasteiger charge is -2.33. The monoisotopic (exact) mass is 560 g/mol. The first-order valence-corrected chi connectivity index (χ1v) is 15.5. The van der Waals surface area contributed by atoms with Gasteiger partial charge in [-0.3, -0.25) is 0 Å². The second-order valence-electron chi connectivity index (χ2n) is 10.6. The molecule has 0 saturated carbocycles. The maximum Gasteiger partial charge on any atom is 0.0601 e. The van der Waals surface area contributed by atoms with Gasteiger partial charge < -0.3 is 9.80 Å². The number of fused-ring (bicyclic) bond motifs is 7. The Morgan fingerprint density at radius 2 is 0.732 bits per heavy atom. The zero-order chi connectivity index (χ0) is 26.9. The maximum atomic E-state index is 2.43. The van der Waals surface area contributed by atoms with E-state index in [1.165, 1.54) is 76.0 Å². The first-order valence-electron chi connectivity index (χ1n) is 13.9. The quantitative estimate of drug-likeness (QED) is 0.207. The average Bonchev–Trinajstić information content (AvgIpc) is 3.39. The summed E-state index contributed by atoms with van der Waals surface area (Å²) in [4.78, 5) is 10.0. The molecule has 4 heteroatoms. The van der Waals surface area contributed by atoms with Gasteiger partial charge in [0.1, 0.15) is 0 Å². The molecule has 0 bridgehead atoms. The molecule has 0 N–H and O–H groups in total. The zero-order valence-electron chi connectivity index (χ0n) is 22.1. The van der Waals surface area contributed by atoms with Crippen LogP contribution in [-0.4, -0.2) is 0 Å². The zero-order valence-corrected chi connectivity index (χ0v) is 23.8. The Labute approximate surface area is 248 Å². The maximum absolute atomic E-state index is 2.43. The number of anilines is 6. The van der Waals surface area contributed by atoms with Crippen LogP contribution in [0.4, 0.5) is 34.1 Å². The summed E-state index contributed by atoms with van der Waals surface area (Å²) in [5.74, 6) is 0. The molecule has 0 spiro atoms. The van der Waals surface area contributed by atoms with E-state index in [0.29, 0.717) is 0 Å². The summed E-state index contributed by atoms with van der Waals surface area (Å²) in [7, 11) is 0. The van der Waals surface area contributed by atoms with Crippen LogP contribution in [0.15, 0.2) is 153 Å². The molecule has 2 nitrogen and oxygen atoms in total. The molecule has 194 valence electrons. The Hall–Kier alpha value is -4.38. The van der Waals surface area contributed by atoms with E-state index >= 15 is 0 Å². The van der Waals surface area contributed by atoms with Gasteiger partial charge in [-0.2, -0.15) is 0 Å². The Kier molecular flexibility index (Phi) is 5.16. The van der Waals surface area contributed by atoms with Crippen molar-refractivity contribution in [2.75, 3.05) is 9.80 Å². The molecule has 2 heterocycles. The first-order chi connectivity index (χ1) is 20.3. The Balaban J connectivity index is 1.19. The van der Waals surface area contributed by atoms with Crippen molar-refractivity contribution in [3.63, 3.8) is 0 Å². The van der Waals surface area contributed by atoms with E-state index in [2.05, 4.69) is 143 Å². The Morgan fingerprint density at radius 1 is 0.390 bits per heavy atom. The van der Waals surface area contributed by atoms with Crippen LogP contribution in [0.25, 0.3) is 11.1 Å². The number of hydrogen-bond acceptors (Lipinski definition) is 4. The minimum Gasteiger partial charge on any atom is -0.308 e. The molecule has 6 aromatic rings. The standard InChI is InChI=1S/C37H24N2S2/c1-5-13-34-30(9-1)38(31-10-2-6-14-35(31)40-34)26-19-17-24-21-25-18-20-27(23-29(25)28(24)22-26)39-32-11-3-7-15-36(32)41-37-16-8-4-12-33(37)39/h1-20,22-23H,21H2. The third-order valence-electron chi connectivity index (χ3n) is 8.24. The van der Waals surface area contributed by atoms with Gasteiger partial charge in [-0.15, -0.1) is 0 Å². The largest absolute Gasteiger partial charge is 0.308 e. The smallest absolute Gasteiger partial charge is 0.0601 e. The lowest BCUT2D eigenvalue weighted by atomic mass is 10.0. The van der Waals surface area contributed by atoms with Crippen molar-refractivity contribution in [2.45, 2.75) is 26.0 Å². The molecule has 0 unspecified atom stereocenters. The Morgan fingerprint density at radius 3 is 1.10 bits per heavy atom. The summed E-state index contributed by atoms with van der Waals surface area (Å²) < 4.78 is 0. The number of nitrogens with zero attached hydrogens (tertiary/aromatic N) is 2. The summed E-state index contributed by atoms with van der Waals surface area (Å²) in [6.45, 7) is 0. The van der Waals surface area contributed by atoms with E-state index in [1.807, 2.05) is 23.5 Å². The van der Waals surface area contributed by atoms with Crippen LogP contribution in [-0.2, 0) is 6.42 Å². The Bertz CT molecular complexity index is 1780. The summed E-state index contributed by atoms with van der Waals surface area (Å²) in [5.41, 5.74) is 12.8. The molecule has 0 amide bonds. The summed E-state index contributed by atoms with van der Waals surface area (Å²) in [5, 5.41) is 0. The minimum atomic E-state index is 0.970. The predicted octanol–water partition coefficient (Wildman–Crippen LogP) is 11.1. The van der Waals surface area contributed by atoms with Crippen molar-refractivity contribution in [3.05, 3.63) is 145 Å². The lowest BCUT2D eigenvalue weighted by molar-refractivity contribution is 1.16. The fourth-order valence-electron chi connectivity index (χ4n) is 6.39. The van der Waals surface area contributed by atoms with E-state index in [0.717, 1.165) is 6.42 Å². The molecule has 2 aliphatic heterocycles. The molecule has 0 saturated heterocycles. The van der Waals surface area contributed by atoms with Gasteiger partial charge in [-0.1, -0.05) is 84.2 Å². The molecular weight excluding hydrogens is 537 g/mol. The van der Waals surface area contributed by atoms with E-state index in [9.17, 15) is 0 Å². The highest BCUT2D eigenvalue weighted by atomic mass is 32.2.